The quantitative estimate of drug-likeness (QED) is 0.754. The highest BCUT2D eigenvalue weighted by atomic mass is 16.5. The summed E-state index contributed by atoms with van der Waals surface area (Å²) in [7, 11) is 1.61. The van der Waals surface area contributed by atoms with E-state index in [9.17, 15) is 14.7 Å². The third kappa shape index (κ3) is 5.19. The van der Waals surface area contributed by atoms with Crippen LogP contribution in [-0.2, 0) is 9.53 Å². The van der Waals surface area contributed by atoms with Crippen molar-refractivity contribution in [1.82, 2.24) is 10.2 Å². The lowest BCUT2D eigenvalue weighted by Gasteiger charge is -2.34. The Bertz CT molecular complexity index is 349. The van der Waals surface area contributed by atoms with Crippen LogP contribution in [0, 0.1) is 5.92 Å². The normalized spacial score (nSPS) is 23.4. The lowest BCUT2D eigenvalue weighted by molar-refractivity contribution is -0.143. The van der Waals surface area contributed by atoms with Crippen molar-refractivity contribution in [3.05, 3.63) is 0 Å². The highest BCUT2D eigenvalue weighted by molar-refractivity contribution is 5.77. The number of aliphatic carboxylic acids is 1. The van der Waals surface area contributed by atoms with E-state index in [0.717, 1.165) is 25.7 Å². The molecule has 6 heteroatoms. The molecule has 1 aliphatic rings. The van der Waals surface area contributed by atoms with Gasteiger partial charge >= 0.3 is 12.0 Å². The minimum absolute atomic E-state index is 0.104. The molecule has 0 radical (unpaired) electrons. The van der Waals surface area contributed by atoms with Gasteiger partial charge in [-0.3, -0.25) is 4.79 Å². The summed E-state index contributed by atoms with van der Waals surface area (Å²) in [6, 6.07) is -0.343. The molecule has 1 aliphatic carbocycles. The summed E-state index contributed by atoms with van der Waals surface area (Å²) in [5.41, 5.74) is 0. The molecule has 0 bridgehead atoms. The Balaban J connectivity index is 2.67. The Morgan fingerprint density at radius 2 is 2.05 bits per heavy atom. The number of nitrogens with zero attached hydrogens (tertiary/aromatic N) is 1. The molecule has 1 saturated carbocycles. The average Bonchev–Trinajstić information content (AvgIpc) is 2.47. The molecule has 0 saturated heterocycles. The Labute approximate surface area is 126 Å². The fourth-order valence-electron chi connectivity index (χ4n) is 2.77. The number of carbonyl (C=O) groups is 2. The van der Waals surface area contributed by atoms with Gasteiger partial charge in [0.25, 0.3) is 0 Å². The van der Waals surface area contributed by atoms with Crippen molar-refractivity contribution in [2.45, 2.75) is 58.0 Å². The van der Waals surface area contributed by atoms with E-state index < -0.39 is 11.9 Å². The number of carboxylic acids is 1. The van der Waals surface area contributed by atoms with Crippen molar-refractivity contribution in [2.75, 3.05) is 20.3 Å². The second-order valence-corrected chi connectivity index (χ2v) is 5.73. The number of ether oxygens (including phenoxy) is 1. The van der Waals surface area contributed by atoms with Gasteiger partial charge in [-0.2, -0.15) is 0 Å². The second-order valence-electron chi connectivity index (χ2n) is 5.73. The first kappa shape index (κ1) is 17.8. The van der Waals surface area contributed by atoms with E-state index in [-0.39, 0.29) is 18.1 Å². The van der Waals surface area contributed by atoms with Gasteiger partial charge in [0.1, 0.15) is 0 Å². The Kier molecular flexibility index (Phi) is 7.50. The van der Waals surface area contributed by atoms with E-state index in [4.69, 9.17) is 4.74 Å². The summed E-state index contributed by atoms with van der Waals surface area (Å²) in [6.07, 6.45) is 4.12. The number of amides is 2. The highest BCUT2D eigenvalue weighted by Gasteiger charge is 2.33. The van der Waals surface area contributed by atoms with E-state index in [2.05, 4.69) is 5.32 Å². The van der Waals surface area contributed by atoms with E-state index in [1.165, 1.54) is 0 Å². The van der Waals surface area contributed by atoms with Crippen molar-refractivity contribution >= 4 is 12.0 Å². The molecule has 0 aliphatic heterocycles. The van der Waals surface area contributed by atoms with Crippen LogP contribution in [0.15, 0.2) is 0 Å². The maximum absolute atomic E-state index is 12.5. The number of methoxy groups -OCH3 is 1. The highest BCUT2D eigenvalue weighted by Crippen LogP contribution is 2.25. The molecule has 0 heterocycles. The van der Waals surface area contributed by atoms with Gasteiger partial charge in [-0.1, -0.05) is 19.8 Å². The first-order valence-electron chi connectivity index (χ1n) is 7.80. The maximum atomic E-state index is 12.5. The molecule has 0 aromatic rings. The number of hydrogen-bond acceptors (Lipinski definition) is 3. The van der Waals surface area contributed by atoms with E-state index >= 15 is 0 Å². The van der Waals surface area contributed by atoms with Gasteiger partial charge in [0.15, 0.2) is 0 Å². The van der Waals surface area contributed by atoms with E-state index in [1.807, 2.05) is 13.8 Å². The van der Waals surface area contributed by atoms with Crippen LogP contribution in [-0.4, -0.2) is 54.4 Å². The zero-order chi connectivity index (χ0) is 15.8. The Hall–Kier alpha value is -1.30. The molecule has 3 unspecified atom stereocenters. The lowest BCUT2D eigenvalue weighted by Crippen LogP contribution is -2.53. The molecule has 2 amide bonds. The number of carboxylic acid groups (broad SMARTS) is 1. The molecule has 2 N–H and O–H groups in total. The number of nitrogens with one attached hydrogen (secondary N) is 1. The van der Waals surface area contributed by atoms with Gasteiger partial charge in [-0.15, -0.1) is 0 Å². The molecule has 3 atom stereocenters. The summed E-state index contributed by atoms with van der Waals surface area (Å²) in [6.45, 7) is 5.01. The number of rotatable bonds is 7. The minimum atomic E-state index is -0.813. The first-order valence-corrected chi connectivity index (χ1v) is 7.80. The minimum Gasteiger partial charge on any atom is -0.481 e. The summed E-state index contributed by atoms with van der Waals surface area (Å²) in [4.78, 5) is 25.5. The van der Waals surface area contributed by atoms with Gasteiger partial charge < -0.3 is 20.1 Å². The molecule has 0 aromatic carbocycles. The van der Waals surface area contributed by atoms with Crippen LogP contribution in [0.5, 0.6) is 0 Å². The van der Waals surface area contributed by atoms with Crippen LogP contribution in [0.3, 0.4) is 0 Å². The molecule has 1 rings (SSSR count). The van der Waals surface area contributed by atoms with Crippen molar-refractivity contribution in [3.63, 3.8) is 0 Å². The van der Waals surface area contributed by atoms with Crippen LogP contribution in [0.1, 0.15) is 46.0 Å². The van der Waals surface area contributed by atoms with Crippen molar-refractivity contribution in [1.29, 1.82) is 0 Å². The zero-order valence-corrected chi connectivity index (χ0v) is 13.3. The van der Waals surface area contributed by atoms with Gasteiger partial charge in [0.2, 0.25) is 0 Å². The maximum Gasteiger partial charge on any atom is 0.317 e. The molecule has 1 fully saturated rings. The molecule has 21 heavy (non-hydrogen) atoms. The molecule has 0 aromatic heterocycles. The van der Waals surface area contributed by atoms with Gasteiger partial charge in [-0.25, -0.2) is 4.79 Å². The number of hydrogen-bond donors (Lipinski definition) is 2. The predicted molar refractivity (Wildman–Crippen MR) is 80.2 cm³/mol. The standard InChI is InChI=1S/C15H28N2O4/c1-4-11(2)17(9-10-21-3)15(20)16-13-8-6-5-7-12(13)14(18)19/h11-13H,4-10H2,1-3H3,(H,16,20)(H,18,19). The Morgan fingerprint density at radius 3 is 2.62 bits per heavy atom. The fraction of sp³-hybridized carbons (Fsp3) is 0.867. The van der Waals surface area contributed by atoms with Gasteiger partial charge in [0.05, 0.1) is 12.5 Å². The summed E-state index contributed by atoms with van der Waals surface area (Å²) >= 11 is 0. The third-order valence-corrected chi connectivity index (χ3v) is 4.31. The first-order chi connectivity index (χ1) is 10.0. The van der Waals surface area contributed by atoms with Crippen LogP contribution in [0.25, 0.3) is 0 Å². The molecular formula is C15H28N2O4. The second kappa shape index (κ2) is 8.87. The predicted octanol–water partition coefficient (Wildman–Crippen LogP) is 2.09. The monoisotopic (exact) mass is 300 g/mol. The summed E-state index contributed by atoms with van der Waals surface area (Å²) in [5, 5.41) is 12.2. The van der Waals surface area contributed by atoms with Crippen LogP contribution >= 0.6 is 0 Å². The SMILES string of the molecule is CCC(C)N(CCOC)C(=O)NC1CCCCC1C(=O)O. The lowest BCUT2D eigenvalue weighted by atomic mass is 9.84. The van der Waals surface area contributed by atoms with E-state index in [0.29, 0.717) is 19.6 Å². The number of carbonyl (C=O) groups excluding carboxylic acids is 1. The third-order valence-electron chi connectivity index (χ3n) is 4.31. The van der Waals surface area contributed by atoms with E-state index in [1.54, 1.807) is 12.0 Å². The molecule has 0 spiro atoms. The van der Waals surface area contributed by atoms with Crippen molar-refractivity contribution in [2.24, 2.45) is 5.92 Å². The van der Waals surface area contributed by atoms with Crippen LogP contribution < -0.4 is 5.32 Å². The topological polar surface area (TPSA) is 78.9 Å². The molecular weight excluding hydrogens is 272 g/mol. The smallest absolute Gasteiger partial charge is 0.317 e. The molecule has 6 nitrogen and oxygen atoms in total. The summed E-state index contributed by atoms with van der Waals surface area (Å²) in [5.74, 6) is -1.28. The average molecular weight is 300 g/mol. The van der Waals surface area contributed by atoms with Crippen LogP contribution in [0.2, 0.25) is 0 Å². The number of urea groups is 1. The fourth-order valence-corrected chi connectivity index (χ4v) is 2.77. The zero-order valence-electron chi connectivity index (χ0n) is 13.3. The van der Waals surface area contributed by atoms with Gasteiger partial charge in [0, 0.05) is 25.7 Å². The van der Waals surface area contributed by atoms with Gasteiger partial charge in [-0.05, 0) is 26.2 Å². The van der Waals surface area contributed by atoms with Crippen molar-refractivity contribution in [3.8, 4) is 0 Å². The largest absolute Gasteiger partial charge is 0.481 e. The van der Waals surface area contributed by atoms with Crippen LogP contribution in [0.4, 0.5) is 4.79 Å². The Morgan fingerprint density at radius 1 is 1.38 bits per heavy atom. The summed E-state index contributed by atoms with van der Waals surface area (Å²) < 4.78 is 5.05. The van der Waals surface area contributed by atoms with Crippen molar-refractivity contribution < 1.29 is 19.4 Å². The molecule has 122 valence electrons.